The summed E-state index contributed by atoms with van der Waals surface area (Å²) in [4.78, 5) is 35.8. The quantitative estimate of drug-likeness (QED) is 0.557. The number of fused-ring (bicyclic) bond motifs is 2. The number of rotatable bonds is 7. The zero-order valence-corrected chi connectivity index (χ0v) is 20.6. The fourth-order valence-corrected chi connectivity index (χ4v) is 5.85. The van der Waals surface area contributed by atoms with Gasteiger partial charge in [-0.3, -0.25) is 14.0 Å². The molecule has 35 heavy (non-hydrogen) atoms. The minimum atomic E-state index is -0.443. The molecule has 2 saturated carbocycles. The van der Waals surface area contributed by atoms with Gasteiger partial charge in [0.2, 0.25) is 11.7 Å². The Balaban J connectivity index is 1.33. The fourth-order valence-electron chi connectivity index (χ4n) is 5.85. The number of anilines is 1. The molecule has 184 valence electrons. The van der Waals surface area contributed by atoms with Gasteiger partial charge in [0.15, 0.2) is 0 Å². The van der Waals surface area contributed by atoms with Crippen LogP contribution in [0, 0.1) is 5.92 Å². The summed E-state index contributed by atoms with van der Waals surface area (Å²) >= 11 is 0. The van der Waals surface area contributed by atoms with Crippen LogP contribution in [0.5, 0.6) is 5.88 Å². The smallest absolute Gasteiger partial charge is 0.274 e. The summed E-state index contributed by atoms with van der Waals surface area (Å²) in [6.45, 7) is 8.67. The van der Waals surface area contributed by atoms with E-state index in [0.717, 1.165) is 31.4 Å². The van der Waals surface area contributed by atoms with Crippen molar-refractivity contribution in [2.45, 2.75) is 76.5 Å². The lowest BCUT2D eigenvalue weighted by Gasteiger charge is -2.41. The summed E-state index contributed by atoms with van der Waals surface area (Å²) < 4.78 is 15.3. The molecule has 4 fully saturated rings. The molecule has 0 spiro atoms. The van der Waals surface area contributed by atoms with Crippen molar-refractivity contribution in [1.82, 2.24) is 18.9 Å². The van der Waals surface area contributed by atoms with E-state index in [1.807, 2.05) is 20.0 Å². The average Bonchev–Trinajstić information content (AvgIpc) is 3.13. The van der Waals surface area contributed by atoms with Gasteiger partial charge in [-0.15, -0.1) is 0 Å². The number of aromatic nitrogens is 4. The monoisotopic (exact) mass is 477 g/mol. The first-order valence-electron chi connectivity index (χ1n) is 12.4. The molecule has 9 nitrogen and oxygen atoms in total. The normalized spacial score (nSPS) is 28.8. The Morgan fingerprint density at radius 3 is 2.77 bits per heavy atom. The number of hydrogen-bond acceptors (Lipinski definition) is 6. The van der Waals surface area contributed by atoms with Crippen LogP contribution in [0.2, 0.25) is 0 Å². The van der Waals surface area contributed by atoms with Crippen molar-refractivity contribution >= 4 is 17.4 Å². The van der Waals surface area contributed by atoms with Gasteiger partial charge in [0.1, 0.15) is 11.3 Å². The predicted molar refractivity (Wildman–Crippen MR) is 130 cm³/mol. The van der Waals surface area contributed by atoms with Gasteiger partial charge in [0.05, 0.1) is 24.0 Å². The molecule has 2 unspecified atom stereocenters. The van der Waals surface area contributed by atoms with Crippen LogP contribution in [0.15, 0.2) is 35.5 Å². The van der Waals surface area contributed by atoms with Crippen LogP contribution in [0.4, 0.5) is 5.69 Å². The SMILES string of the molecule is CCC1CC1n1cccc(NC(=O)c2cn3cc([C@]45CO[C@@](C)(C4)C5)nc3nc2OC(C)C)c1=O. The molecule has 2 atom stereocenters. The molecular weight excluding hydrogens is 446 g/mol. The summed E-state index contributed by atoms with van der Waals surface area (Å²) in [5.41, 5.74) is 1.09. The first-order valence-corrected chi connectivity index (χ1v) is 12.4. The van der Waals surface area contributed by atoms with Gasteiger partial charge in [0.25, 0.3) is 11.5 Å². The second kappa shape index (κ2) is 7.65. The summed E-state index contributed by atoms with van der Waals surface area (Å²) in [6, 6.07) is 3.64. The van der Waals surface area contributed by atoms with E-state index in [2.05, 4.69) is 24.1 Å². The Morgan fingerprint density at radius 2 is 2.11 bits per heavy atom. The van der Waals surface area contributed by atoms with Crippen molar-refractivity contribution in [2.24, 2.45) is 5.92 Å². The van der Waals surface area contributed by atoms with E-state index in [0.29, 0.717) is 18.3 Å². The average molecular weight is 478 g/mol. The van der Waals surface area contributed by atoms with Crippen LogP contribution >= 0.6 is 0 Å². The molecule has 2 aliphatic carbocycles. The standard InChI is InChI=1S/C26H31N5O4/c1-5-16-9-19(16)31-8-6-7-18(23(31)33)27-21(32)17-10-30-11-20(26-12-25(4,13-26)34-14-26)28-24(30)29-22(17)35-15(2)3/h6-8,10-11,15-16,19H,5,9,12-14H2,1-4H3,(H,27,32)/t16?,19?,25-,26+. The molecule has 4 aliphatic rings. The molecule has 1 amide bonds. The zero-order valence-electron chi connectivity index (χ0n) is 20.6. The highest BCUT2D eigenvalue weighted by molar-refractivity contribution is 6.05. The summed E-state index contributed by atoms with van der Waals surface area (Å²) in [5, 5.41) is 2.80. The van der Waals surface area contributed by atoms with Gasteiger partial charge in [-0.25, -0.2) is 4.98 Å². The Kier molecular flexibility index (Phi) is 4.87. The minimum absolute atomic E-state index is 0.0552. The molecule has 7 rings (SSSR count). The van der Waals surface area contributed by atoms with E-state index in [1.54, 1.807) is 33.5 Å². The van der Waals surface area contributed by atoms with Crippen LogP contribution in [0.3, 0.4) is 0 Å². The maximum absolute atomic E-state index is 13.4. The molecule has 2 saturated heterocycles. The van der Waals surface area contributed by atoms with E-state index < -0.39 is 5.91 Å². The van der Waals surface area contributed by atoms with Crippen molar-refractivity contribution < 1.29 is 14.3 Å². The molecule has 5 heterocycles. The number of imidazole rings is 1. The lowest BCUT2D eigenvalue weighted by molar-refractivity contribution is 0.0154. The Labute approximate surface area is 203 Å². The van der Waals surface area contributed by atoms with Crippen LogP contribution in [-0.4, -0.2) is 43.2 Å². The highest BCUT2D eigenvalue weighted by Gasteiger charge is 2.61. The lowest BCUT2D eigenvalue weighted by atomic mass is 9.62. The van der Waals surface area contributed by atoms with Gasteiger partial charge >= 0.3 is 0 Å². The minimum Gasteiger partial charge on any atom is -0.474 e. The largest absolute Gasteiger partial charge is 0.474 e. The van der Waals surface area contributed by atoms with E-state index >= 15 is 0 Å². The van der Waals surface area contributed by atoms with E-state index in [4.69, 9.17) is 14.5 Å². The molecule has 0 radical (unpaired) electrons. The zero-order chi connectivity index (χ0) is 24.5. The number of amides is 1. The number of carbonyl (C=O) groups excluding carboxylic acids is 1. The number of nitrogens with one attached hydrogen (secondary N) is 1. The number of hydrogen-bond donors (Lipinski definition) is 1. The molecule has 2 bridgehead atoms. The molecule has 1 N–H and O–H groups in total. The third-order valence-corrected chi connectivity index (χ3v) is 7.66. The van der Waals surface area contributed by atoms with Crippen molar-refractivity contribution in [3.63, 3.8) is 0 Å². The number of nitrogens with zero attached hydrogens (tertiary/aromatic N) is 4. The Morgan fingerprint density at radius 1 is 1.31 bits per heavy atom. The van der Waals surface area contributed by atoms with E-state index in [-0.39, 0.29) is 45.9 Å². The molecule has 3 aromatic heterocycles. The second-order valence-electron chi connectivity index (χ2n) is 10.9. The highest BCUT2D eigenvalue weighted by atomic mass is 16.5. The summed E-state index contributed by atoms with van der Waals surface area (Å²) in [5.74, 6) is 0.750. The van der Waals surface area contributed by atoms with Crippen LogP contribution < -0.4 is 15.6 Å². The highest BCUT2D eigenvalue weighted by Crippen LogP contribution is 2.58. The van der Waals surface area contributed by atoms with Gasteiger partial charge in [-0.1, -0.05) is 13.3 Å². The first-order chi connectivity index (χ1) is 16.7. The Bertz CT molecular complexity index is 1380. The van der Waals surface area contributed by atoms with E-state index in [1.165, 1.54) is 0 Å². The van der Waals surface area contributed by atoms with Crippen molar-refractivity contribution in [3.8, 4) is 5.88 Å². The Hall–Kier alpha value is -3.20. The second-order valence-corrected chi connectivity index (χ2v) is 10.9. The van der Waals surface area contributed by atoms with Crippen molar-refractivity contribution in [3.05, 3.63) is 52.3 Å². The topological polar surface area (TPSA) is 99.8 Å². The van der Waals surface area contributed by atoms with Crippen LogP contribution in [0.1, 0.15) is 75.5 Å². The van der Waals surface area contributed by atoms with Crippen LogP contribution in [-0.2, 0) is 10.2 Å². The number of carbonyl (C=O) groups is 1. The predicted octanol–water partition coefficient (Wildman–Crippen LogP) is 3.72. The van der Waals surface area contributed by atoms with Gasteiger partial charge < -0.3 is 19.4 Å². The molecule has 9 heteroatoms. The fraction of sp³-hybridized carbons (Fsp3) is 0.538. The third kappa shape index (κ3) is 3.64. The maximum Gasteiger partial charge on any atom is 0.274 e. The summed E-state index contributed by atoms with van der Waals surface area (Å²) in [6.07, 6.45) is 9.13. The number of pyridine rings is 1. The molecule has 3 aromatic rings. The van der Waals surface area contributed by atoms with E-state index in [9.17, 15) is 9.59 Å². The lowest BCUT2D eigenvalue weighted by Crippen LogP contribution is -2.45. The molecule has 2 aliphatic heterocycles. The van der Waals surface area contributed by atoms with Gasteiger partial charge in [-0.05, 0) is 58.1 Å². The maximum atomic E-state index is 13.4. The van der Waals surface area contributed by atoms with Gasteiger partial charge in [0, 0.05) is 30.0 Å². The first kappa shape index (κ1) is 22.3. The van der Waals surface area contributed by atoms with Crippen molar-refractivity contribution in [1.29, 1.82) is 0 Å². The van der Waals surface area contributed by atoms with Crippen LogP contribution in [0.25, 0.3) is 5.78 Å². The van der Waals surface area contributed by atoms with Gasteiger partial charge in [-0.2, -0.15) is 4.98 Å². The third-order valence-electron chi connectivity index (χ3n) is 7.66. The summed E-state index contributed by atoms with van der Waals surface area (Å²) in [7, 11) is 0. The van der Waals surface area contributed by atoms with Crippen molar-refractivity contribution in [2.75, 3.05) is 11.9 Å². The molecular formula is C26H31N5O4. The number of ether oxygens (including phenoxy) is 2. The molecule has 0 aromatic carbocycles.